The highest BCUT2D eigenvalue weighted by atomic mass is 35.5. The molecule has 8 heteroatoms. The van der Waals surface area contributed by atoms with E-state index >= 15 is 0 Å². The number of hydrogen-bond acceptors (Lipinski definition) is 3. The van der Waals surface area contributed by atoms with E-state index in [4.69, 9.17) is 34.8 Å². The molecule has 29 heavy (non-hydrogen) atoms. The summed E-state index contributed by atoms with van der Waals surface area (Å²) in [6, 6.07) is 14.7. The molecule has 0 bridgehead atoms. The molecule has 0 spiro atoms. The van der Waals surface area contributed by atoms with Gasteiger partial charge in [-0.1, -0.05) is 40.9 Å². The van der Waals surface area contributed by atoms with Crippen molar-refractivity contribution in [3.05, 3.63) is 75.0 Å². The van der Waals surface area contributed by atoms with Crippen LogP contribution in [0.4, 0.5) is 5.69 Å². The molecule has 1 aliphatic heterocycles. The van der Waals surface area contributed by atoms with Crippen molar-refractivity contribution < 1.29 is 4.79 Å². The van der Waals surface area contributed by atoms with Crippen molar-refractivity contribution in [1.29, 1.82) is 0 Å². The molecule has 0 radical (unpaired) electrons. The molecular formula is C21H19Cl3N4O. The van der Waals surface area contributed by atoms with Crippen molar-refractivity contribution in [2.75, 3.05) is 31.1 Å². The average molecular weight is 450 g/mol. The van der Waals surface area contributed by atoms with Gasteiger partial charge in [0.2, 0.25) is 0 Å². The fraction of sp³-hybridized carbons (Fsp3) is 0.238. The minimum Gasteiger partial charge on any atom is -0.367 e. The van der Waals surface area contributed by atoms with Crippen LogP contribution in [0, 0.1) is 6.92 Å². The summed E-state index contributed by atoms with van der Waals surface area (Å²) in [4.78, 5) is 17.2. The molecule has 1 fully saturated rings. The number of benzene rings is 2. The second kappa shape index (κ2) is 8.27. The van der Waals surface area contributed by atoms with E-state index in [2.05, 4.69) is 10.00 Å². The van der Waals surface area contributed by atoms with Crippen LogP contribution < -0.4 is 4.90 Å². The first-order chi connectivity index (χ1) is 13.9. The lowest BCUT2D eigenvalue weighted by Crippen LogP contribution is -2.49. The molecular weight excluding hydrogens is 431 g/mol. The Morgan fingerprint density at radius 3 is 2.34 bits per heavy atom. The molecule has 2 aromatic carbocycles. The molecule has 5 nitrogen and oxygen atoms in total. The number of anilines is 1. The van der Waals surface area contributed by atoms with Gasteiger partial charge in [-0.15, -0.1) is 0 Å². The van der Waals surface area contributed by atoms with Gasteiger partial charge < -0.3 is 9.80 Å². The molecule has 4 rings (SSSR count). The maximum absolute atomic E-state index is 13.2. The SMILES string of the molecule is Cc1cc(C(=O)N2CCN(c3cccc(Cl)c3Cl)CC2)n(-c2ccc(Cl)cc2)n1. The smallest absolute Gasteiger partial charge is 0.272 e. The molecule has 0 N–H and O–H groups in total. The zero-order valence-electron chi connectivity index (χ0n) is 15.8. The van der Waals surface area contributed by atoms with Gasteiger partial charge in [-0.3, -0.25) is 4.79 Å². The summed E-state index contributed by atoms with van der Waals surface area (Å²) in [5.74, 6) is -0.0441. The van der Waals surface area contributed by atoms with Crippen LogP contribution >= 0.6 is 34.8 Å². The van der Waals surface area contributed by atoms with Crippen LogP contribution in [0.5, 0.6) is 0 Å². The van der Waals surface area contributed by atoms with Crippen molar-refractivity contribution in [3.63, 3.8) is 0 Å². The van der Waals surface area contributed by atoms with Crippen molar-refractivity contribution in [1.82, 2.24) is 14.7 Å². The summed E-state index contributed by atoms with van der Waals surface area (Å²) in [5.41, 5.74) is 3.02. The normalized spacial score (nSPS) is 14.3. The van der Waals surface area contributed by atoms with Gasteiger partial charge in [0.15, 0.2) is 0 Å². The maximum Gasteiger partial charge on any atom is 0.272 e. The third-order valence-corrected chi connectivity index (χ3v) is 6.02. The fourth-order valence-electron chi connectivity index (χ4n) is 3.48. The zero-order chi connectivity index (χ0) is 20.5. The number of amides is 1. The van der Waals surface area contributed by atoms with E-state index in [0.717, 1.165) is 17.1 Å². The third kappa shape index (κ3) is 4.08. The number of carbonyl (C=O) groups excluding carboxylic acids is 1. The molecule has 150 valence electrons. The van der Waals surface area contributed by atoms with Crippen molar-refractivity contribution in [2.45, 2.75) is 6.92 Å². The molecule has 1 saturated heterocycles. The molecule has 0 atom stereocenters. The van der Waals surface area contributed by atoms with Gasteiger partial charge in [0.05, 0.1) is 27.1 Å². The van der Waals surface area contributed by atoms with Crippen LogP contribution in [-0.2, 0) is 0 Å². The van der Waals surface area contributed by atoms with Crippen LogP contribution in [0.25, 0.3) is 5.69 Å². The summed E-state index contributed by atoms with van der Waals surface area (Å²) in [5, 5.41) is 6.21. The van der Waals surface area contributed by atoms with Gasteiger partial charge in [-0.25, -0.2) is 4.68 Å². The predicted octanol–water partition coefficient (Wildman–Crippen LogP) is 5.10. The number of carbonyl (C=O) groups is 1. The van der Waals surface area contributed by atoms with E-state index in [9.17, 15) is 4.79 Å². The minimum atomic E-state index is -0.0441. The lowest BCUT2D eigenvalue weighted by Gasteiger charge is -2.36. The fourth-order valence-corrected chi connectivity index (χ4v) is 4.02. The monoisotopic (exact) mass is 448 g/mol. The van der Waals surface area contributed by atoms with E-state index in [1.165, 1.54) is 0 Å². The molecule has 1 aromatic heterocycles. The summed E-state index contributed by atoms with van der Waals surface area (Å²) in [7, 11) is 0. The molecule has 0 aliphatic carbocycles. The highest BCUT2D eigenvalue weighted by molar-refractivity contribution is 6.43. The number of rotatable bonds is 3. The highest BCUT2D eigenvalue weighted by Gasteiger charge is 2.26. The van der Waals surface area contributed by atoms with Crippen molar-refractivity contribution in [3.8, 4) is 5.69 Å². The van der Waals surface area contributed by atoms with E-state index in [-0.39, 0.29) is 5.91 Å². The molecule has 2 heterocycles. The van der Waals surface area contributed by atoms with Crippen molar-refractivity contribution in [2.24, 2.45) is 0 Å². The van der Waals surface area contributed by atoms with E-state index in [1.54, 1.807) is 22.9 Å². The van der Waals surface area contributed by atoms with E-state index in [0.29, 0.717) is 46.9 Å². The Morgan fingerprint density at radius 2 is 1.66 bits per heavy atom. The Morgan fingerprint density at radius 1 is 0.966 bits per heavy atom. The Labute approximate surface area is 184 Å². The topological polar surface area (TPSA) is 41.4 Å². The second-order valence-corrected chi connectivity index (χ2v) is 8.13. The van der Waals surface area contributed by atoms with Gasteiger partial charge in [-0.05, 0) is 49.4 Å². The Bertz CT molecular complexity index is 1040. The quantitative estimate of drug-likeness (QED) is 0.558. The van der Waals surface area contributed by atoms with E-state index in [1.807, 2.05) is 42.2 Å². The first-order valence-corrected chi connectivity index (χ1v) is 10.4. The molecule has 0 saturated carbocycles. The average Bonchev–Trinajstić information content (AvgIpc) is 3.12. The highest BCUT2D eigenvalue weighted by Crippen LogP contribution is 2.33. The minimum absolute atomic E-state index is 0.0441. The van der Waals surface area contributed by atoms with Gasteiger partial charge >= 0.3 is 0 Å². The Kier molecular flexibility index (Phi) is 5.72. The number of aromatic nitrogens is 2. The van der Waals surface area contributed by atoms with Gasteiger partial charge in [0.25, 0.3) is 5.91 Å². The third-order valence-electron chi connectivity index (χ3n) is 4.96. The number of hydrogen-bond donors (Lipinski definition) is 0. The van der Waals surface area contributed by atoms with Gasteiger partial charge in [0.1, 0.15) is 5.69 Å². The maximum atomic E-state index is 13.2. The summed E-state index contributed by atoms with van der Waals surface area (Å²) in [6.45, 7) is 4.42. The van der Waals surface area contributed by atoms with Gasteiger partial charge in [0, 0.05) is 31.2 Å². The van der Waals surface area contributed by atoms with Crippen LogP contribution in [0.3, 0.4) is 0 Å². The lowest BCUT2D eigenvalue weighted by atomic mass is 10.2. The summed E-state index contributed by atoms with van der Waals surface area (Å²) >= 11 is 18.5. The number of piperazine rings is 1. The zero-order valence-corrected chi connectivity index (χ0v) is 18.0. The van der Waals surface area contributed by atoms with Crippen LogP contribution in [0.15, 0.2) is 48.5 Å². The Hall–Kier alpha value is -2.21. The molecule has 1 aliphatic rings. The number of halogens is 3. The Balaban J connectivity index is 1.52. The van der Waals surface area contributed by atoms with Crippen molar-refractivity contribution >= 4 is 46.4 Å². The first-order valence-electron chi connectivity index (χ1n) is 9.25. The van der Waals surface area contributed by atoms with Crippen LogP contribution in [0.2, 0.25) is 15.1 Å². The van der Waals surface area contributed by atoms with E-state index < -0.39 is 0 Å². The number of nitrogens with zero attached hydrogens (tertiary/aromatic N) is 4. The molecule has 3 aromatic rings. The molecule has 1 amide bonds. The molecule has 0 unspecified atom stereocenters. The summed E-state index contributed by atoms with van der Waals surface area (Å²) < 4.78 is 1.67. The standard InChI is InChI=1S/C21H19Cl3N4O/c1-14-13-19(28(25-14)16-7-5-15(22)6-8-16)21(29)27-11-9-26(10-12-27)18-4-2-3-17(23)20(18)24/h2-8,13H,9-12H2,1H3. The number of aryl methyl sites for hydroxylation is 1. The van der Waals surface area contributed by atoms with Crippen LogP contribution in [0.1, 0.15) is 16.2 Å². The first kappa shape index (κ1) is 20.1. The van der Waals surface area contributed by atoms with Gasteiger partial charge in [-0.2, -0.15) is 5.10 Å². The summed E-state index contributed by atoms with van der Waals surface area (Å²) in [6.07, 6.45) is 0. The largest absolute Gasteiger partial charge is 0.367 e. The predicted molar refractivity (Wildman–Crippen MR) is 118 cm³/mol. The lowest BCUT2D eigenvalue weighted by molar-refractivity contribution is 0.0737. The van der Waals surface area contributed by atoms with Crippen LogP contribution in [-0.4, -0.2) is 46.8 Å². The second-order valence-electron chi connectivity index (χ2n) is 6.91.